The first kappa shape index (κ1) is 13.9. The first-order valence-corrected chi connectivity index (χ1v) is 8.82. The molecule has 2 unspecified atom stereocenters. The van der Waals surface area contributed by atoms with Gasteiger partial charge < -0.3 is 5.73 Å². The molecule has 1 fully saturated rings. The van der Waals surface area contributed by atoms with E-state index in [-0.39, 0.29) is 12.0 Å². The lowest BCUT2D eigenvalue weighted by Gasteiger charge is -2.18. The topological polar surface area (TPSA) is 106 Å². The van der Waals surface area contributed by atoms with Crippen LogP contribution in [0.4, 0.5) is 0 Å². The third-order valence-electron chi connectivity index (χ3n) is 2.66. The predicted octanol–water partition coefficient (Wildman–Crippen LogP) is -0.965. The SMILES string of the molecule is CS(=O)(=O)CS(=O)(=O)NC1CCCC1CN. The number of sulfonamides is 1. The van der Waals surface area contributed by atoms with Crippen LogP contribution in [0.2, 0.25) is 0 Å². The van der Waals surface area contributed by atoms with Gasteiger partial charge >= 0.3 is 0 Å². The number of hydrogen-bond donors (Lipinski definition) is 2. The molecule has 0 heterocycles. The van der Waals surface area contributed by atoms with Gasteiger partial charge in [0.15, 0.2) is 14.9 Å². The summed E-state index contributed by atoms with van der Waals surface area (Å²) in [7, 11) is -7.29. The second-order valence-corrected chi connectivity index (χ2v) is 8.57. The highest BCUT2D eigenvalue weighted by molar-refractivity contribution is 8.06. The summed E-state index contributed by atoms with van der Waals surface area (Å²) in [4.78, 5) is 0. The van der Waals surface area contributed by atoms with E-state index in [1.165, 1.54) is 0 Å². The molecular weight excluding hydrogens is 252 g/mol. The van der Waals surface area contributed by atoms with Crippen molar-refractivity contribution in [2.24, 2.45) is 11.7 Å². The van der Waals surface area contributed by atoms with Crippen molar-refractivity contribution in [2.45, 2.75) is 25.3 Å². The Labute approximate surface area is 96.6 Å². The number of hydrogen-bond acceptors (Lipinski definition) is 5. The van der Waals surface area contributed by atoms with Crippen LogP contribution in [0.3, 0.4) is 0 Å². The molecule has 1 aliphatic carbocycles. The van der Waals surface area contributed by atoms with Gasteiger partial charge in [-0.25, -0.2) is 21.6 Å². The molecule has 0 amide bonds. The molecule has 1 rings (SSSR count). The fourth-order valence-electron chi connectivity index (χ4n) is 2.02. The van der Waals surface area contributed by atoms with Gasteiger partial charge in [-0.2, -0.15) is 0 Å². The van der Waals surface area contributed by atoms with E-state index >= 15 is 0 Å². The summed E-state index contributed by atoms with van der Waals surface area (Å²) < 4.78 is 47.3. The maximum Gasteiger partial charge on any atom is 0.226 e. The van der Waals surface area contributed by atoms with Gasteiger partial charge in [-0.15, -0.1) is 0 Å². The van der Waals surface area contributed by atoms with Crippen molar-refractivity contribution in [1.29, 1.82) is 0 Å². The molecule has 0 saturated heterocycles. The Hall–Kier alpha value is -0.180. The summed E-state index contributed by atoms with van der Waals surface area (Å²) in [5.74, 6) is 0.120. The van der Waals surface area contributed by atoms with E-state index in [1.54, 1.807) is 0 Å². The monoisotopic (exact) mass is 270 g/mol. The lowest BCUT2D eigenvalue weighted by Crippen LogP contribution is -2.41. The molecule has 0 aromatic rings. The molecular formula is C8H18N2O4S2. The van der Waals surface area contributed by atoms with Crippen LogP contribution in [0.1, 0.15) is 19.3 Å². The summed E-state index contributed by atoms with van der Waals surface area (Å²) in [6, 6.07) is -0.211. The quantitative estimate of drug-likeness (QED) is 0.669. The molecule has 16 heavy (non-hydrogen) atoms. The molecule has 2 atom stereocenters. The largest absolute Gasteiger partial charge is 0.330 e. The van der Waals surface area contributed by atoms with Crippen LogP contribution < -0.4 is 10.5 Å². The first-order valence-electron chi connectivity index (χ1n) is 5.11. The van der Waals surface area contributed by atoms with E-state index in [4.69, 9.17) is 5.73 Å². The zero-order valence-corrected chi connectivity index (χ0v) is 10.9. The Morgan fingerprint density at radius 1 is 1.25 bits per heavy atom. The molecule has 0 spiro atoms. The van der Waals surface area contributed by atoms with Gasteiger partial charge in [0.25, 0.3) is 0 Å². The van der Waals surface area contributed by atoms with E-state index in [2.05, 4.69) is 4.72 Å². The number of rotatable bonds is 5. The van der Waals surface area contributed by atoms with Crippen LogP contribution in [0, 0.1) is 5.92 Å². The summed E-state index contributed by atoms with van der Waals surface area (Å²) >= 11 is 0. The van der Waals surface area contributed by atoms with E-state index in [9.17, 15) is 16.8 Å². The highest BCUT2D eigenvalue weighted by Gasteiger charge is 2.30. The minimum atomic E-state index is -3.76. The van der Waals surface area contributed by atoms with Gasteiger partial charge in [-0.05, 0) is 25.3 Å². The normalized spacial score (nSPS) is 27.1. The number of sulfone groups is 1. The van der Waals surface area contributed by atoms with Gasteiger partial charge in [0, 0.05) is 12.3 Å². The second-order valence-electron chi connectivity index (χ2n) is 4.31. The third kappa shape index (κ3) is 4.36. The summed E-state index contributed by atoms with van der Waals surface area (Å²) in [5.41, 5.74) is 5.52. The van der Waals surface area contributed by atoms with Gasteiger partial charge in [0.1, 0.15) is 0 Å². The summed E-state index contributed by atoms with van der Waals surface area (Å²) in [6.07, 6.45) is 3.45. The molecule has 0 aromatic heterocycles. The van der Waals surface area contributed by atoms with E-state index < -0.39 is 24.9 Å². The van der Waals surface area contributed by atoms with Crippen LogP contribution in [-0.2, 0) is 19.9 Å². The molecule has 3 N–H and O–H groups in total. The van der Waals surface area contributed by atoms with Gasteiger partial charge in [-0.3, -0.25) is 0 Å². The fraction of sp³-hybridized carbons (Fsp3) is 1.00. The Bertz CT molecular complexity index is 429. The van der Waals surface area contributed by atoms with Crippen molar-refractivity contribution in [3.8, 4) is 0 Å². The van der Waals surface area contributed by atoms with Gasteiger partial charge in [0.2, 0.25) is 10.0 Å². The average molecular weight is 270 g/mol. The van der Waals surface area contributed by atoms with Crippen molar-refractivity contribution in [2.75, 3.05) is 17.9 Å². The predicted molar refractivity (Wildman–Crippen MR) is 61.9 cm³/mol. The Kier molecular flexibility index (Phi) is 4.33. The standard InChI is InChI=1S/C8H18N2O4S2/c1-15(11,12)6-16(13,14)10-8-4-2-3-7(8)5-9/h7-8,10H,2-6,9H2,1H3. The Morgan fingerprint density at radius 3 is 2.38 bits per heavy atom. The van der Waals surface area contributed by atoms with Gasteiger partial charge in [0.05, 0.1) is 0 Å². The van der Waals surface area contributed by atoms with Crippen LogP contribution in [-0.4, -0.2) is 40.8 Å². The number of nitrogens with one attached hydrogen (secondary N) is 1. The van der Waals surface area contributed by atoms with Crippen LogP contribution in [0.25, 0.3) is 0 Å². The number of nitrogens with two attached hydrogens (primary N) is 1. The smallest absolute Gasteiger partial charge is 0.226 e. The molecule has 8 heteroatoms. The molecule has 1 aliphatic rings. The molecule has 1 saturated carbocycles. The maximum atomic E-state index is 11.5. The minimum absolute atomic E-state index is 0.120. The molecule has 0 aromatic carbocycles. The Morgan fingerprint density at radius 2 is 1.88 bits per heavy atom. The van der Waals surface area contributed by atoms with Crippen molar-refractivity contribution in [1.82, 2.24) is 4.72 Å². The van der Waals surface area contributed by atoms with Crippen LogP contribution in [0.5, 0.6) is 0 Å². The molecule has 6 nitrogen and oxygen atoms in total. The maximum absolute atomic E-state index is 11.5. The second kappa shape index (κ2) is 4.99. The first-order chi connectivity index (χ1) is 7.23. The van der Waals surface area contributed by atoms with E-state index in [0.29, 0.717) is 6.54 Å². The van der Waals surface area contributed by atoms with E-state index in [1.807, 2.05) is 0 Å². The van der Waals surface area contributed by atoms with Crippen LogP contribution in [0.15, 0.2) is 0 Å². The molecule has 0 bridgehead atoms. The lowest BCUT2D eigenvalue weighted by atomic mass is 10.1. The summed E-state index contributed by atoms with van der Waals surface area (Å²) in [6.45, 7) is 0.423. The van der Waals surface area contributed by atoms with Crippen molar-refractivity contribution >= 4 is 19.9 Å². The summed E-state index contributed by atoms with van der Waals surface area (Å²) in [5, 5.41) is -0.853. The highest BCUT2D eigenvalue weighted by Crippen LogP contribution is 2.25. The van der Waals surface area contributed by atoms with E-state index in [0.717, 1.165) is 25.5 Å². The van der Waals surface area contributed by atoms with Crippen molar-refractivity contribution in [3.63, 3.8) is 0 Å². The Balaban J connectivity index is 2.66. The van der Waals surface area contributed by atoms with Crippen molar-refractivity contribution < 1.29 is 16.8 Å². The lowest BCUT2D eigenvalue weighted by molar-refractivity contribution is 0.454. The van der Waals surface area contributed by atoms with Crippen molar-refractivity contribution in [3.05, 3.63) is 0 Å². The minimum Gasteiger partial charge on any atom is -0.330 e. The fourth-order valence-corrected chi connectivity index (χ4v) is 5.32. The van der Waals surface area contributed by atoms with Gasteiger partial charge in [-0.1, -0.05) is 6.42 Å². The third-order valence-corrected chi connectivity index (χ3v) is 6.28. The zero-order valence-electron chi connectivity index (χ0n) is 9.22. The average Bonchev–Trinajstić information content (AvgIpc) is 2.45. The highest BCUT2D eigenvalue weighted by atomic mass is 32.3. The zero-order chi connectivity index (χ0) is 12.4. The molecule has 0 aliphatic heterocycles. The molecule has 96 valence electrons. The molecule has 0 radical (unpaired) electrons. The van der Waals surface area contributed by atoms with Crippen LogP contribution >= 0.6 is 0 Å².